The normalized spacial score (nSPS) is 14.7. The molecule has 1 fully saturated rings. The minimum Gasteiger partial charge on any atom is -0.497 e. The van der Waals surface area contributed by atoms with Gasteiger partial charge >= 0.3 is 0 Å². The number of nitrogens with zero attached hydrogens (tertiary/aromatic N) is 3. The largest absolute Gasteiger partial charge is 0.497 e. The summed E-state index contributed by atoms with van der Waals surface area (Å²) in [5, 5.41) is 2.96. The average Bonchev–Trinajstić information content (AvgIpc) is 3.63. The molecule has 200 valence electrons. The third-order valence-corrected chi connectivity index (χ3v) is 6.69. The second kappa shape index (κ2) is 12.0. The maximum absolute atomic E-state index is 13.5. The smallest absolute Gasteiger partial charge is 0.254 e. The number of methoxy groups -OCH3 is 1. The Bertz CT molecular complexity index is 1440. The second-order valence-electron chi connectivity index (χ2n) is 9.63. The highest BCUT2D eigenvalue weighted by molar-refractivity contribution is 5.99. The summed E-state index contributed by atoms with van der Waals surface area (Å²) in [6.45, 7) is 2.86. The van der Waals surface area contributed by atoms with Crippen LogP contribution in [-0.2, 0) is 9.53 Å². The number of aryl methyl sites for hydroxylation is 1. The van der Waals surface area contributed by atoms with E-state index in [-0.39, 0.29) is 24.5 Å². The van der Waals surface area contributed by atoms with Gasteiger partial charge in [0.1, 0.15) is 12.3 Å². The zero-order chi connectivity index (χ0) is 27.2. The number of ether oxygens (including phenoxy) is 2. The van der Waals surface area contributed by atoms with E-state index in [4.69, 9.17) is 14.5 Å². The van der Waals surface area contributed by atoms with Crippen molar-refractivity contribution in [1.82, 2.24) is 14.5 Å². The number of benzene rings is 3. The minimum absolute atomic E-state index is 0.105. The first kappa shape index (κ1) is 26.2. The molecule has 1 aliphatic rings. The van der Waals surface area contributed by atoms with E-state index in [9.17, 15) is 9.59 Å². The van der Waals surface area contributed by atoms with Crippen LogP contribution in [0, 0.1) is 6.92 Å². The van der Waals surface area contributed by atoms with Crippen LogP contribution in [-0.4, -0.2) is 59.2 Å². The van der Waals surface area contributed by atoms with Crippen LogP contribution in [0.4, 0.5) is 5.95 Å². The van der Waals surface area contributed by atoms with Crippen LogP contribution >= 0.6 is 0 Å². The molecule has 0 radical (unpaired) electrons. The topological polar surface area (TPSA) is 85.7 Å². The molecule has 0 saturated carbocycles. The number of hydrogen-bond acceptors (Lipinski definition) is 5. The molecular weight excluding hydrogens is 492 g/mol. The van der Waals surface area contributed by atoms with Gasteiger partial charge < -0.3 is 14.4 Å². The van der Waals surface area contributed by atoms with Crippen molar-refractivity contribution in [1.29, 1.82) is 0 Å². The fourth-order valence-electron chi connectivity index (χ4n) is 4.72. The maximum Gasteiger partial charge on any atom is 0.254 e. The Morgan fingerprint density at radius 3 is 2.64 bits per heavy atom. The minimum atomic E-state index is -0.344. The summed E-state index contributed by atoms with van der Waals surface area (Å²) in [4.78, 5) is 33.2. The zero-order valence-corrected chi connectivity index (χ0v) is 22.2. The first-order valence-corrected chi connectivity index (χ1v) is 13.1. The SMILES string of the molecule is COc1cccc(C(=O)N(CC(=O)Nc2nc(-c3ccccc3)cn2-c2cccc(C)c2)CC2CCCO2)c1. The molecule has 0 aliphatic carbocycles. The van der Waals surface area contributed by atoms with E-state index in [1.807, 2.05) is 72.3 Å². The number of imidazole rings is 1. The Balaban J connectivity index is 1.41. The van der Waals surface area contributed by atoms with Crippen molar-refractivity contribution in [2.45, 2.75) is 25.9 Å². The molecule has 39 heavy (non-hydrogen) atoms. The summed E-state index contributed by atoms with van der Waals surface area (Å²) in [5.74, 6) is 0.362. The molecule has 8 heteroatoms. The van der Waals surface area contributed by atoms with Crippen molar-refractivity contribution >= 4 is 17.8 Å². The Morgan fingerprint density at radius 1 is 1.08 bits per heavy atom. The highest BCUT2D eigenvalue weighted by Crippen LogP contribution is 2.25. The van der Waals surface area contributed by atoms with Crippen LogP contribution in [0.1, 0.15) is 28.8 Å². The Morgan fingerprint density at radius 2 is 1.90 bits per heavy atom. The average molecular weight is 525 g/mol. The van der Waals surface area contributed by atoms with Crippen molar-refractivity contribution in [2.24, 2.45) is 0 Å². The zero-order valence-electron chi connectivity index (χ0n) is 22.2. The van der Waals surface area contributed by atoms with E-state index in [1.54, 1.807) is 31.4 Å². The molecule has 1 N–H and O–H groups in total. The number of aromatic nitrogens is 2. The Kier molecular flexibility index (Phi) is 8.03. The molecule has 0 bridgehead atoms. The monoisotopic (exact) mass is 524 g/mol. The molecule has 2 heterocycles. The van der Waals surface area contributed by atoms with Gasteiger partial charge in [-0.25, -0.2) is 4.98 Å². The lowest BCUT2D eigenvalue weighted by atomic mass is 10.1. The van der Waals surface area contributed by atoms with Crippen molar-refractivity contribution in [2.75, 3.05) is 32.1 Å². The van der Waals surface area contributed by atoms with Gasteiger partial charge in [0.15, 0.2) is 0 Å². The molecule has 1 saturated heterocycles. The quantitative estimate of drug-likeness (QED) is 0.329. The lowest BCUT2D eigenvalue weighted by molar-refractivity contribution is -0.117. The van der Waals surface area contributed by atoms with Gasteiger partial charge in [-0.15, -0.1) is 0 Å². The summed E-state index contributed by atoms with van der Waals surface area (Å²) in [6, 6.07) is 24.7. The molecule has 1 aliphatic heterocycles. The Labute approximate surface area is 228 Å². The van der Waals surface area contributed by atoms with Gasteiger partial charge in [0, 0.05) is 36.2 Å². The Hall–Kier alpha value is -4.43. The molecule has 8 nitrogen and oxygen atoms in total. The molecule has 1 aromatic heterocycles. The summed E-state index contributed by atoms with van der Waals surface area (Å²) >= 11 is 0. The first-order valence-electron chi connectivity index (χ1n) is 13.1. The van der Waals surface area contributed by atoms with Crippen molar-refractivity contribution < 1.29 is 19.1 Å². The molecule has 2 amide bonds. The van der Waals surface area contributed by atoms with E-state index >= 15 is 0 Å². The lowest BCUT2D eigenvalue weighted by Crippen LogP contribution is -2.42. The van der Waals surface area contributed by atoms with Crippen molar-refractivity contribution in [3.8, 4) is 22.7 Å². The maximum atomic E-state index is 13.5. The highest BCUT2D eigenvalue weighted by Gasteiger charge is 2.26. The second-order valence-corrected chi connectivity index (χ2v) is 9.63. The van der Waals surface area contributed by atoms with E-state index in [1.165, 1.54) is 4.90 Å². The van der Waals surface area contributed by atoms with Crippen LogP contribution < -0.4 is 10.1 Å². The highest BCUT2D eigenvalue weighted by atomic mass is 16.5. The van der Waals surface area contributed by atoms with E-state index in [0.29, 0.717) is 30.4 Å². The molecule has 3 aromatic carbocycles. The van der Waals surface area contributed by atoms with E-state index < -0.39 is 0 Å². The summed E-state index contributed by atoms with van der Waals surface area (Å²) < 4.78 is 12.9. The molecule has 5 rings (SSSR count). The van der Waals surface area contributed by atoms with Crippen molar-refractivity contribution in [3.05, 3.63) is 96.2 Å². The number of rotatable bonds is 9. The molecule has 1 atom stereocenters. The predicted octanol–water partition coefficient (Wildman–Crippen LogP) is 5.12. The van der Waals surface area contributed by atoms with Gasteiger partial charge in [-0.2, -0.15) is 0 Å². The van der Waals surface area contributed by atoms with Crippen molar-refractivity contribution in [3.63, 3.8) is 0 Å². The standard InChI is InChI=1S/C31H32N4O4/c1-22-9-6-13-25(17-22)35-20-28(23-10-4-3-5-11-23)32-31(35)33-29(36)21-34(19-27-15-8-16-39-27)30(37)24-12-7-14-26(18-24)38-2/h3-7,9-14,17-18,20,27H,8,15-16,19,21H2,1-2H3,(H,32,33,36). The number of carbonyl (C=O) groups is 2. The van der Waals surface area contributed by atoms with Crippen LogP contribution in [0.15, 0.2) is 85.1 Å². The van der Waals surface area contributed by atoms with Crippen LogP contribution in [0.3, 0.4) is 0 Å². The number of nitrogens with one attached hydrogen (secondary N) is 1. The van der Waals surface area contributed by atoms with Gasteiger partial charge in [-0.3, -0.25) is 19.5 Å². The van der Waals surface area contributed by atoms with Crippen LogP contribution in [0.5, 0.6) is 5.75 Å². The van der Waals surface area contributed by atoms with Crippen LogP contribution in [0.2, 0.25) is 0 Å². The predicted molar refractivity (Wildman–Crippen MR) is 150 cm³/mol. The summed E-state index contributed by atoms with van der Waals surface area (Å²) in [7, 11) is 1.56. The lowest BCUT2D eigenvalue weighted by Gasteiger charge is -2.25. The summed E-state index contributed by atoms with van der Waals surface area (Å²) in [5.41, 5.74) is 4.09. The first-order chi connectivity index (χ1) is 19.0. The number of amides is 2. The van der Waals surface area contributed by atoms with Gasteiger partial charge in [0.05, 0.1) is 18.9 Å². The molecule has 1 unspecified atom stereocenters. The third-order valence-electron chi connectivity index (χ3n) is 6.69. The molecule has 0 spiro atoms. The number of hydrogen-bond donors (Lipinski definition) is 1. The van der Waals surface area contributed by atoms with Gasteiger partial charge in [-0.1, -0.05) is 48.5 Å². The van der Waals surface area contributed by atoms with Gasteiger partial charge in [0.2, 0.25) is 11.9 Å². The fraction of sp³-hybridized carbons (Fsp3) is 0.258. The molecular formula is C31H32N4O4. The summed E-state index contributed by atoms with van der Waals surface area (Å²) in [6.07, 6.45) is 3.59. The van der Waals surface area contributed by atoms with Gasteiger partial charge in [-0.05, 0) is 55.7 Å². The number of anilines is 1. The number of carbonyl (C=O) groups excluding carboxylic acids is 2. The molecule has 4 aromatic rings. The fourth-order valence-corrected chi connectivity index (χ4v) is 4.72. The van der Waals surface area contributed by atoms with Crippen LogP contribution in [0.25, 0.3) is 16.9 Å². The van der Waals surface area contributed by atoms with Gasteiger partial charge in [0.25, 0.3) is 5.91 Å². The van der Waals surface area contributed by atoms with E-state index in [2.05, 4.69) is 5.32 Å². The van der Waals surface area contributed by atoms with E-state index in [0.717, 1.165) is 35.3 Å². The third kappa shape index (κ3) is 6.35.